The summed E-state index contributed by atoms with van der Waals surface area (Å²) in [5.74, 6) is 1.27. The number of hydrogen-bond donors (Lipinski definition) is 1. The lowest BCUT2D eigenvalue weighted by Crippen LogP contribution is -2.42. The molecule has 1 N–H and O–H groups in total. The molecule has 4 nitrogen and oxygen atoms in total. The molecule has 0 bridgehead atoms. The highest BCUT2D eigenvalue weighted by Crippen LogP contribution is 2.54. The second-order valence-electron chi connectivity index (χ2n) is 7.88. The van der Waals surface area contributed by atoms with E-state index in [1.54, 1.807) is 0 Å². The molecule has 148 valence electrons. The van der Waals surface area contributed by atoms with Crippen molar-refractivity contribution in [1.82, 2.24) is 5.32 Å². The summed E-state index contributed by atoms with van der Waals surface area (Å²) in [6, 6.07) is 13.8. The molecule has 0 saturated heterocycles. The Balaban J connectivity index is 1.47. The van der Waals surface area contributed by atoms with Crippen LogP contribution in [0.2, 0.25) is 0 Å². The number of fused-ring (bicyclic) bond motifs is 1. The SMILES string of the molecule is CC[S+]([O-])c1ccc(CNC(=O)N2CC(C)(C3CC3)c3cc(Br)ccc32)cc1. The lowest BCUT2D eigenvalue weighted by molar-refractivity contribution is 0.244. The third-order valence-electron chi connectivity index (χ3n) is 5.97. The zero-order valence-electron chi connectivity index (χ0n) is 16.2. The van der Waals surface area contributed by atoms with Gasteiger partial charge in [-0.25, -0.2) is 4.79 Å². The van der Waals surface area contributed by atoms with Crippen LogP contribution in [0.1, 0.15) is 37.8 Å². The molecule has 1 heterocycles. The molecule has 0 spiro atoms. The van der Waals surface area contributed by atoms with Crippen LogP contribution in [0.4, 0.5) is 10.5 Å². The quantitative estimate of drug-likeness (QED) is 0.639. The van der Waals surface area contributed by atoms with Crippen LogP contribution in [0.3, 0.4) is 0 Å². The van der Waals surface area contributed by atoms with Crippen LogP contribution in [-0.2, 0) is 23.1 Å². The van der Waals surface area contributed by atoms with Crippen LogP contribution in [0.15, 0.2) is 51.8 Å². The number of halogens is 1. The first-order chi connectivity index (χ1) is 13.4. The van der Waals surface area contributed by atoms with E-state index >= 15 is 0 Å². The summed E-state index contributed by atoms with van der Waals surface area (Å²) in [7, 11) is 0. The third-order valence-corrected chi connectivity index (χ3v) is 7.78. The van der Waals surface area contributed by atoms with Gasteiger partial charge in [0.25, 0.3) is 0 Å². The van der Waals surface area contributed by atoms with E-state index in [-0.39, 0.29) is 11.4 Å². The predicted molar refractivity (Wildman–Crippen MR) is 117 cm³/mol. The van der Waals surface area contributed by atoms with Crippen molar-refractivity contribution in [2.45, 2.75) is 43.5 Å². The van der Waals surface area contributed by atoms with Gasteiger partial charge >= 0.3 is 6.03 Å². The molecule has 1 aliphatic carbocycles. The number of nitrogens with one attached hydrogen (secondary N) is 1. The molecule has 2 unspecified atom stereocenters. The minimum atomic E-state index is -0.947. The Kier molecular flexibility index (Phi) is 5.47. The number of nitrogens with zero attached hydrogens (tertiary/aromatic N) is 1. The van der Waals surface area contributed by atoms with Crippen LogP contribution in [0.25, 0.3) is 0 Å². The Bertz CT molecular complexity index is 885. The fourth-order valence-electron chi connectivity index (χ4n) is 4.15. The van der Waals surface area contributed by atoms with E-state index in [1.165, 1.54) is 18.4 Å². The Hall–Kier alpha value is -1.50. The smallest absolute Gasteiger partial charge is 0.322 e. The molecule has 0 radical (unpaired) electrons. The molecule has 2 amide bonds. The van der Waals surface area contributed by atoms with Crippen molar-refractivity contribution in [3.05, 3.63) is 58.1 Å². The van der Waals surface area contributed by atoms with Crippen molar-refractivity contribution < 1.29 is 9.35 Å². The molecule has 1 aliphatic heterocycles. The zero-order chi connectivity index (χ0) is 19.9. The summed E-state index contributed by atoms with van der Waals surface area (Å²) >= 11 is 2.64. The monoisotopic (exact) mass is 460 g/mol. The molecule has 4 rings (SSSR count). The minimum Gasteiger partial charge on any atom is -0.611 e. The highest BCUT2D eigenvalue weighted by atomic mass is 79.9. The fourth-order valence-corrected chi connectivity index (χ4v) is 5.28. The highest BCUT2D eigenvalue weighted by molar-refractivity contribution is 9.10. The summed E-state index contributed by atoms with van der Waals surface area (Å²) in [5, 5.41) is 3.06. The molecule has 2 atom stereocenters. The first kappa shape index (κ1) is 19.8. The maximum atomic E-state index is 13.0. The molecular formula is C22H25BrN2O2S. The van der Waals surface area contributed by atoms with E-state index in [9.17, 15) is 9.35 Å². The van der Waals surface area contributed by atoms with Crippen molar-refractivity contribution in [2.24, 2.45) is 5.92 Å². The summed E-state index contributed by atoms with van der Waals surface area (Å²) < 4.78 is 12.9. The van der Waals surface area contributed by atoms with E-state index in [4.69, 9.17) is 0 Å². The molecule has 2 aromatic rings. The van der Waals surface area contributed by atoms with Crippen LogP contribution in [0, 0.1) is 5.92 Å². The van der Waals surface area contributed by atoms with Gasteiger partial charge in [0.05, 0.1) is 0 Å². The van der Waals surface area contributed by atoms with Gasteiger partial charge in [-0.15, -0.1) is 0 Å². The standard InChI is InChI=1S/C22H25BrN2O2S/c1-3-28(27)18-9-4-15(5-10-18)13-24-21(26)25-14-22(2,16-6-7-16)19-12-17(23)8-11-20(19)25/h4-5,8-12,16H,3,6-7,13-14H2,1-2H3,(H,24,26). The number of anilines is 1. The Labute approximate surface area is 178 Å². The maximum absolute atomic E-state index is 13.0. The van der Waals surface area contributed by atoms with Gasteiger partial charge in [0.15, 0.2) is 4.90 Å². The van der Waals surface area contributed by atoms with Gasteiger partial charge < -0.3 is 9.87 Å². The molecule has 28 heavy (non-hydrogen) atoms. The minimum absolute atomic E-state index is 0.0301. The van der Waals surface area contributed by atoms with Gasteiger partial charge in [0, 0.05) is 28.7 Å². The number of amides is 2. The average molecular weight is 461 g/mol. The molecule has 1 fully saturated rings. The Morgan fingerprint density at radius 3 is 2.64 bits per heavy atom. The van der Waals surface area contributed by atoms with E-state index in [0.717, 1.165) is 27.2 Å². The van der Waals surface area contributed by atoms with E-state index in [2.05, 4.69) is 34.2 Å². The number of urea groups is 1. The molecule has 2 aliphatic rings. The topological polar surface area (TPSA) is 55.4 Å². The van der Waals surface area contributed by atoms with Crippen molar-refractivity contribution in [3.63, 3.8) is 0 Å². The van der Waals surface area contributed by atoms with Gasteiger partial charge in [-0.1, -0.05) is 35.0 Å². The van der Waals surface area contributed by atoms with Gasteiger partial charge in [-0.3, -0.25) is 4.90 Å². The number of rotatable bonds is 5. The largest absolute Gasteiger partial charge is 0.611 e. The van der Waals surface area contributed by atoms with E-state index < -0.39 is 11.2 Å². The van der Waals surface area contributed by atoms with Gasteiger partial charge in [-0.05, 0) is 78.3 Å². The van der Waals surface area contributed by atoms with Gasteiger partial charge in [0.2, 0.25) is 0 Å². The number of benzene rings is 2. The fraction of sp³-hybridized carbons (Fsp3) is 0.409. The highest BCUT2D eigenvalue weighted by Gasteiger charge is 2.50. The first-order valence-corrected chi connectivity index (χ1v) is 11.9. The molecular weight excluding hydrogens is 436 g/mol. The molecule has 0 aromatic heterocycles. The normalized spacial score (nSPS) is 22.1. The molecule has 2 aromatic carbocycles. The lowest BCUT2D eigenvalue weighted by atomic mass is 9.80. The van der Waals surface area contributed by atoms with Crippen LogP contribution < -0.4 is 10.2 Å². The maximum Gasteiger partial charge on any atom is 0.322 e. The summed E-state index contributed by atoms with van der Waals surface area (Å²) in [6.07, 6.45) is 2.48. The van der Waals surface area contributed by atoms with E-state index in [1.807, 2.05) is 48.2 Å². The third kappa shape index (κ3) is 3.70. The van der Waals surface area contributed by atoms with Crippen LogP contribution in [0.5, 0.6) is 0 Å². The summed E-state index contributed by atoms with van der Waals surface area (Å²) in [4.78, 5) is 15.7. The molecule has 6 heteroatoms. The first-order valence-electron chi connectivity index (χ1n) is 9.75. The summed E-state index contributed by atoms with van der Waals surface area (Å²) in [6.45, 7) is 5.38. The van der Waals surface area contributed by atoms with Crippen molar-refractivity contribution >= 4 is 38.8 Å². The zero-order valence-corrected chi connectivity index (χ0v) is 18.6. The summed E-state index contributed by atoms with van der Waals surface area (Å²) in [5.41, 5.74) is 3.32. The number of carbonyl (C=O) groups excluding carboxylic acids is 1. The predicted octanol–water partition coefficient (Wildman–Crippen LogP) is 4.97. The second kappa shape index (κ2) is 7.73. The van der Waals surface area contributed by atoms with Crippen LogP contribution >= 0.6 is 15.9 Å². The second-order valence-corrected chi connectivity index (χ2v) is 10.5. The average Bonchev–Trinajstić information content (AvgIpc) is 3.52. The van der Waals surface area contributed by atoms with Crippen LogP contribution in [-0.4, -0.2) is 22.9 Å². The van der Waals surface area contributed by atoms with E-state index in [0.29, 0.717) is 18.2 Å². The lowest BCUT2D eigenvalue weighted by Gasteiger charge is -2.25. The number of hydrogen-bond acceptors (Lipinski definition) is 2. The van der Waals surface area contributed by atoms with Gasteiger partial charge in [-0.2, -0.15) is 0 Å². The van der Waals surface area contributed by atoms with Crippen molar-refractivity contribution in [3.8, 4) is 0 Å². The Morgan fingerprint density at radius 1 is 1.29 bits per heavy atom. The number of carbonyl (C=O) groups is 1. The molecule has 1 saturated carbocycles. The van der Waals surface area contributed by atoms with Crippen molar-refractivity contribution in [1.29, 1.82) is 0 Å². The van der Waals surface area contributed by atoms with Gasteiger partial charge in [0.1, 0.15) is 5.75 Å². The van der Waals surface area contributed by atoms with Crippen molar-refractivity contribution in [2.75, 3.05) is 17.2 Å². The Morgan fingerprint density at radius 2 is 2.00 bits per heavy atom.